The lowest BCUT2D eigenvalue weighted by molar-refractivity contribution is -0.384. The second-order valence-electron chi connectivity index (χ2n) is 5.04. The summed E-state index contributed by atoms with van der Waals surface area (Å²) in [6.45, 7) is 5.12. The lowest BCUT2D eigenvalue weighted by Crippen LogP contribution is -2.29. The van der Waals surface area contributed by atoms with Crippen LogP contribution in [0.15, 0.2) is 29.4 Å². The highest BCUT2D eigenvalue weighted by molar-refractivity contribution is 6.01. The van der Waals surface area contributed by atoms with E-state index in [1.54, 1.807) is 13.8 Å². The molecule has 9 nitrogen and oxygen atoms in total. The summed E-state index contributed by atoms with van der Waals surface area (Å²) < 4.78 is 10.2. The number of nitro groups is 1. The number of nitrogens with one attached hydrogen (secondary N) is 1. The number of nitrogens with zero attached hydrogens (tertiary/aromatic N) is 2. The number of nitro benzene ring substituents is 1. The summed E-state index contributed by atoms with van der Waals surface area (Å²) >= 11 is 0. The third kappa shape index (κ3) is 6.58. The van der Waals surface area contributed by atoms with E-state index in [2.05, 4.69) is 10.5 Å². The molecule has 1 aromatic rings. The van der Waals surface area contributed by atoms with Crippen LogP contribution >= 0.6 is 0 Å². The van der Waals surface area contributed by atoms with Crippen LogP contribution in [0, 0.1) is 16.0 Å². The van der Waals surface area contributed by atoms with Gasteiger partial charge in [0.05, 0.1) is 17.4 Å². The largest absolute Gasteiger partial charge is 0.484 e. The second kappa shape index (κ2) is 10.0. The number of rotatable bonds is 9. The van der Waals surface area contributed by atoms with Crippen molar-refractivity contribution < 1.29 is 24.0 Å². The van der Waals surface area contributed by atoms with Gasteiger partial charge >= 0.3 is 5.97 Å². The maximum atomic E-state index is 11.8. The summed E-state index contributed by atoms with van der Waals surface area (Å²) in [6.07, 6.45) is 0.503. The van der Waals surface area contributed by atoms with Gasteiger partial charge in [0, 0.05) is 17.8 Å². The van der Waals surface area contributed by atoms with Crippen LogP contribution in [0.25, 0.3) is 0 Å². The van der Waals surface area contributed by atoms with Crippen LogP contribution in [-0.2, 0) is 14.3 Å². The number of carbonyl (C=O) groups is 2. The summed E-state index contributed by atoms with van der Waals surface area (Å²) in [7, 11) is 0. The maximum Gasteiger partial charge on any atom is 0.314 e. The summed E-state index contributed by atoms with van der Waals surface area (Å²) in [5, 5.41) is 14.4. The molecule has 0 aliphatic carbocycles. The number of ether oxygens (including phenoxy) is 2. The fourth-order valence-electron chi connectivity index (χ4n) is 1.95. The average molecular weight is 351 g/mol. The Bertz CT molecular complexity index is 642. The fourth-order valence-corrected chi connectivity index (χ4v) is 1.95. The molecule has 0 bridgehead atoms. The van der Waals surface area contributed by atoms with E-state index in [4.69, 9.17) is 9.47 Å². The van der Waals surface area contributed by atoms with Crippen LogP contribution < -0.4 is 10.2 Å². The molecule has 0 heterocycles. The molecule has 0 aromatic heterocycles. The Morgan fingerprint density at radius 1 is 1.28 bits per heavy atom. The predicted molar refractivity (Wildman–Crippen MR) is 90.3 cm³/mol. The van der Waals surface area contributed by atoms with Crippen molar-refractivity contribution >= 4 is 23.3 Å². The average Bonchev–Trinajstić information content (AvgIpc) is 2.59. The summed E-state index contributed by atoms with van der Waals surface area (Å²) in [4.78, 5) is 33.5. The Morgan fingerprint density at radius 3 is 2.44 bits per heavy atom. The Kier molecular flexibility index (Phi) is 8.04. The van der Waals surface area contributed by atoms with Gasteiger partial charge in [0.25, 0.3) is 11.6 Å². The Morgan fingerprint density at radius 2 is 1.92 bits per heavy atom. The second-order valence-corrected chi connectivity index (χ2v) is 5.04. The molecule has 25 heavy (non-hydrogen) atoms. The quantitative estimate of drug-likeness (QED) is 0.315. The molecule has 0 saturated heterocycles. The van der Waals surface area contributed by atoms with Gasteiger partial charge in [-0.3, -0.25) is 19.7 Å². The molecule has 0 spiro atoms. The van der Waals surface area contributed by atoms with E-state index in [0.717, 1.165) is 0 Å². The molecular formula is C16H21N3O6. The molecular weight excluding hydrogens is 330 g/mol. The highest BCUT2D eigenvalue weighted by atomic mass is 16.6. The van der Waals surface area contributed by atoms with E-state index >= 15 is 0 Å². The van der Waals surface area contributed by atoms with Gasteiger partial charge in [-0.05, 0) is 32.4 Å². The van der Waals surface area contributed by atoms with Gasteiger partial charge in [-0.1, -0.05) is 6.92 Å². The monoisotopic (exact) mass is 351 g/mol. The molecule has 1 unspecified atom stereocenters. The van der Waals surface area contributed by atoms with Crippen molar-refractivity contribution in [1.82, 2.24) is 5.43 Å². The molecule has 1 rings (SSSR count). The lowest BCUT2D eigenvalue weighted by Gasteiger charge is -2.13. The third-order valence-electron chi connectivity index (χ3n) is 3.26. The highest BCUT2D eigenvalue weighted by Crippen LogP contribution is 2.17. The SMILES string of the molecule is CCOC(=O)C(CC)/C(C)=N\NC(=O)COc1ccc([N+](=O)[O-])cc1. The topological polar surface area (TPSA) is 120 Å². The Hall–Kier alpha value is -2.97. The van der Waals surface area contributed by atoms with E-state index in [-0.39, 0.29) is 24.9 Å². The highest BCUT2D eigenvalue weighted by Gasteiger charge is 2.21. The van der Waals surface area contributed by atoms with Gasteiger partial charge in [0.1, 0.15) is 5.75 Å². The normalized spacial score (nSPS) is 12.2. The van der Waals surface area contributed by atoms with Crippen LogP contribution in [0.2, 0.25) is 0 Å². The zero-order valence-electron chi connectivity index (χ0n) is 14.4. The summed E-state index contributed by atoms with van der Waals surface area (Å²) in [6, 6.07) is 5.35. The van der Waals surface area contributed by atoms with Crippen LogP contribution in [0.5, 0.6) is 5.75 Å². The van der Waals surface area contributed by atoms with Crippen LogP contribution in [0.4, 0.5) is 5.69 Å². The van der Waals surface area contributed by atoms with Crippen molar-refractivity contribution in [2.24, 2.45) is 11.0 Å². The molecule has 0 fully saturated rings. The molecule has 1 amide bonds. The Balaban J connectivity index is 2.52. The molecule has 9 heteroatoms. The van der Waals surface area contributed by atoms with E-state index in [1.165, 1.54) is 24.3 Å². The first-order valence-corrected chi connectivity index (χ1v) is 7.75. The van der Waals surface area contributed by atoms with Crippen molar-refractivity contribution in [3.05, 3.63) is 34.4 Å². The number of hydrogen-bond acceptors (Lipinski definition) is 7. The van der Waals surface area contributed by atoms with Crippen molar-refractivity contribution in [2.75, 3.05) is 13.2 Å². The molecule has 1 atom stereocenters. The number of esters is 1. The van der Waals surface area contributed by atoms with Crippen molar-refractivity contribution in [2.45, 2.75) is 27.2 Å². The first-order valence-electron chi connectivity index (χ1n) is 7.75. The number of hydrazone groups is 1. The first-order chi connectivity index (χ1) is 11.9. The smallest absolute Gasteiger partial charge is 0.314 e. The van der Waals surface area contributed by atoms with Gasteiger partial charge in [-0.2, -0.15) is 5.10 Å². The molecule has 1 aromatic carbocycles. The maximum absolute atomic E-state index is 11.8. The Labute approximate surface area is 145 Å². The first kappa shape index (κ1) is 20.1. The minimum absolute atomic E-state index is 0.0680. The van der Waals surface area contributed by atoms with E-state index < -0.39 is 16.7 Å². The van der Waals surface area contributed by atoms with E-state index in [1.807, 2.05) is 6.92 Å². The summed E-state index contributed by atoms with van der Waals surface area (Å²) in [5.41, 5.74) is 2.67. The van der Waals surface area contributed by atoms with Gasteiger partial charge < -0.3 is 9.47 Å². The van der Waals surface area contributed by atoms with Crippen LogP contribution in [-0.4, -0.2) is 35.7 Å². The van der Waals surface area contributed by atoms with Gasteiger partial charge in [-0.25, -0.2) is 5.43 Å². The van der Waals surface area contributed by atoms with Crippen LogP contribution in [0.1, 0.15) is 27.2 Å². The zero-order chi connectivity index (χ0) is 18.8. The molecule has 0 aliphatic rings. The lowest BCUT2D eigenvalue weighted by atomic mass is 10.0. The number of non-ortho nitro benzene ring substituents is 1. The zero-order valence-corrected chi connectivity index (χ0v) is 14.4. The van der Waals surface area contributed by atoms with Crippen molar-refractivity contribution in [3.8, 4) is 5.75 Å². The molecule has 1 N–H and O–H groups in total. The number of hydrogen-bond donors (Lipinski definition) is 1. The number of amides is 1. The molecule has 136 valence electrons. The molecule has 0 radical (unpaired) electrons. The van der Waals surface area contributed by atoms with Crippen molar-refractivity contribution in [1.29, 1.82) is 0 Å². The van der Waals surface area contributed by atoms with Crippen molar-refractivity contribution in [3.63, 3.8) is 0 Å². The minimum Gasteiger partial charge on any atom is -0.484 e. The summed E-state index contributed by atoms with van der Waals surface area (Å²) in [5.74, 6) is -1.10. The number of benzene rings is 1. The fraction of sp³-hybridized carbons (Fsp3) is 0.438. The molecule has 0 saturated carbocycles. The van der Waals surface area contributed by atoms with Gasteiger partial charge in [0.15, 0.2) is 6.61 Å². The standard InChI is InChI=1S/C16H21N3O6/c1-4-14(16(21)24-5-2)11(3)17-18-15(20)10-25-13-8-6-12(7-9-13)19(22)23/h6-9,14H,4-5,10H2,1-3H3,(H,18,20)/b17-11-. The van der Waals surface area contributed by atoms with E-state index in [0.29, 0.717) is 17.9 Å². The van der Waals surface area contributed by atoms with Crippen LogP contribution in [0.3, 0.4) is 0 Å². The predicted octanol–water partition coefficient (Wildman–Crippen LogP) is 2.05. The minimum atomic E-state index is -0.526. The van der Waals surface area contributed by atoms with E-state index in [9.17, 15) is 19.7 Å². The van der Waals surface area contributed by atoms with Gasteiger partial charge in [-0.15, -0.1) is 0 Å². The number of carbonyl (C=O) groups excluding carboxylic acids is 2. The third-order valence-corrected chi connectivity index (χ3v) is 3.26. The molecule has 0 aliphatic heterocycles. The van der Waals surface area contributed by atoms with Gasteiger partial charge in [0.2, 0.25) is 0 Å².